The van der Waals surface area contributed by atoms with Gasteiger partial charge in [-0.2, -0.15) is 4.99 Å². The summed E-state index contributed by atoms with van der Waals surface area (Å²) in [5.74, 6) is 0.460. The zero-order valence-electron chi connectivity index (χ0n) is 8.83. The fourth-order valence-corrected chi connectivity index (χ4v) is 3.86. The molecule has 0 atom stereocenters. The molecule has 3 heterocycles. The third-order valence-electron chi connectivity index (χ3n) is 2.35. The van der Waals surface area contributed by atoms with E-state index in [1.807, 2.05) is 4.90 Å². The predicted octanol–water partition coefficient (Wildman–Crippen LogP) is 1.77. The number of furan rings is 1. The lowest BCUT2D eigenvalue weighted by molar-refractivity contribution is -0.117. The lowest BCUT2D eigenvalue weighted by Crippen LogP contribution is -2.26. The van der Waals surface area contributed by atoms with Crippen LogP contribution in [0.2, 0.25) is 0 Å². The highest BCUT2D eigenvalue weighted by atomic mass is 33.1. The smallest absolute Gasteiger partial charge is 0.255 e. The average Bonchev–Trinajstić information content (AvgIpc) is 2.97. The minimum absolute atomic E-state index is 0.184. The molecule has 0 aromatic carbocycles. The number of hydrogen-bond donors (Lipinski definition) is 0. The van der Waals surface area contributed by atoms with E-state index in [1.54, 1.807) is 29.2 Å². The molecule has 7 heteroatoms. The van der Waals surface area contributed by atoms with E-state index in [4.69, 9.17) is 4.42 Å². The summed E-state index contributed by atoms with van der Waals surface area (Å²) < 4.78 is 5.12. The molecule has 5 nitrogen and oxygen atoms in total. The van der Waals surface area contributed by atoms with E-state index in [1.165, 1.54) is 10.8 Å². The molecule has 1 saturated heterocycles. The molecule has 1 aromatic rings. The number of amides is 1. The first-order chi connectivity index (χ1) is 8.33. The predicted molar refractivity (Wildman–Crippen MR) is 69.0 cm³/mol. The van der Waals surface area contributed by atoms with Gasteiger partial charge in [-0.3, -0.25) is 14.7 Å². The normalized spacial score (nSPS) is 20.8. The molecule has 88 valence electrons. The van der Waals surface area contributed by atoms with Gasteiger partial charge in [-0.1, -0.05) is 0 Å². The zero-order chi connectivity index (χ0) is 11.7. The third-order valence-corrected chi connectivity index (χ3v) is 4.54. The number of hydrogen-bond acceptors (Lipinski definition) is 5. The number of fused-ring (bicyclic) bond motifs is 1. The number of amidine groups is 2. The molecule has 1 fully saturated rings. The van der Waals surface area contributed by atoms with Gasteiger partial charge in [0.15, 0.2) is 10.3 Å². The summed E-state index contributed by atoms with van der Waals surface area (Å²) in [6.45, 7) is 1.61. The molecule has 0 aliphatic carbocycles. The van der Waals surface area contributed by atoms with Crippen LogP contribution in [0.4, 0.5) is 0 Å². The van der Waals surface area contributed by atoms with Crippen LogP contribution in [0.3, 0.4) is 0 Å². The van der Waals surface area contributed by atoms with Crippen LogP contribution in [0, 0.1) is 0 Å². The molecule has 2 aliphatic heterocycles. The van der Waals surface area contributed by atoms with Crippen molar-refractivity contribution in [2.45, 2.75) is 6.42 Å². The van der Waals surface area contributed by atoms with Crippen LogP contribution >= 0.6 is 21.6 Å². The van der Waals surface area contributed by atoms with Gasteiger partial charge in [0.25, 0.3) is 5.91 Å². The van der Waals surface area contributed by atoms with Crippen molar-refractivity contribution in [3.63, 3.8) is 0 Å². The zero-order valence-corrected chi connectivity index (χ0v) is 10.5. The topological polar surface area (TPSA) is 58.2 Å². The Kier molecular flexibility index (Phi) is 2.94. The van der Waals surface area contributed by atoms with E-state index < -0.39 is 0 Å². The van der Waals surface area contributed by atoms with E-state index in [9.17, 15) is 4.79 Å². The number of carbonyl (C=O) groups is 1. The number of rotatable bonds is 2. The molecular weight excluding hydrogens is 258 g/mol. The van der Waals surface area contributed by atoms with E-state index in [0.29, 0.717) is 5.76 Å². The molecule has 0 radical (unpaired) electrons. The van der Waals surface area contributed by atoms with Gasteiger partial charge in [0.2, 0.25) is 0 Å². The Balaban J connectivity index is 1.70. The summed E-state index contributed by atoms with van der Waals surface area (Å²) in [6, 6.07) is 3.54. The number of carbonyl (C=O) groups excluding carboxylic acids is 1. The Morgan fingerprint density at radius 2 is 2.53 bits per heavy atom. The molecular formula is C10H9N3O2S2. The highest BCUT2D eigenvalue weighted by molar-refractivity contribution is 8.88. The quantitative estimate of drug-likeness (QED) is 0.764. The maximum atomic E-state index is 11.7. The summed E-state index contributed by atoms with van der Waals surface area (Å²) in [7, 11) is 3.04. The van der Waals surface area contributed by atoms with Crippen molar-refractivity contribution in [3.8, 4) is 0 Å². The Hall–Kier alpha value is -1.21. The number of aliphatic imine (C=N–C) groups is 2. The lowest BCUT2D eigenvalue weighted by Gasteiger charge is -2.08. The van der Waals surface area contributed by atoms with Gasteiger partial charge in [-0.25, -0.2) is 0 Å². The van der Waals surface area contributed by atoms with E-state index in [2.05, 4.69) is 9.98 Å². The van der Waals surface area contributed by atoms with Crippen LogP contribution in [-0.4, -0.2) is 34.2 Å². The Morgan fingerprint density at radius 1 is 1.59 bits per heavy atom. The van der Waals surface area contributed by atoms with Crippen molar-refractivity contribution in [1.82, 2.24) is 4.90 Å². The molecule has 0 unspecified atom stereocenters. The SMILES string of the molecule is O=C(Cc1ccco1)N=C1SSC2=NCCN21. The Labute approximate surface area is 106 Å². The second-order valence-electron chi connectivity index (χ2n) is 3.53. The first-order valence-electron chi connectivity index (χ1n) is 5.13. The first kappa shape index (κ1) is 10.9. The van der Waals surface area contributed by atoms with Gasteiger partial charge in [0.1, 0.15) is 5.76 Å². The molecule has 0 N–H and O–H groups in total. The minimum Gasteiger partial charge on any atom is -0.469 e. The lowest BCUT2D eigenvalue weighted by atomic mass is 10.3. The van der Waals surface area contributed by atoms with Gasteiger partial charge < -0.3 is 4.42 Å². The van der Waals surface area contributed by atoms with Crippen molar-refractivity contribution < 1.29 is 9.21 Å². The van der Waals surface area contributed by atoms with Gasteiger partial charge >= 0.3 is 0 Å². The fourth-order valence-electron chi connectivity index (χ4n) is 1.58. The van der Waals surface area contributed by atoms with Crippen molar-refractivity contribution in [1.29, 1.82) is 0 Å². The summed E-state index contributed by atoms with van der Waals surface area (Å²) in [4.78, 5) is 22.1. The molecule has 3 rings (SSSR count). The summed E-state index contributed by atoms with van der Waals surface area (Å²) in [5.41, 5.74) is 0. The van der Waals surface area contributed by atoms with E-state index >= 15 is 0 Å². The monoisotopic (exact) mass is 267 g/mol. The van der Waals surface area contributed by atoms with E-state index in [0.717, 1.165) is 23.4 Å². The van der Waals surface area contributed by atoms with Crippen molar-refractivity contribution in [3.05, 3.63) is 24.2 Å². The summed E-state index contributed by atoms with van der Waals surface area (Å²) in [5, 5.41) is 1.70. The fraction of sp³-hybridized carbons (Fsp3) is 0.300. The highest BCUT2D eigenvalue weighted by Crippen LogP contribution is 2.38. The molecule has 1 aromatic heterocycles. The molecule has 1 amide bonds. The van der Waals surface area contributed by atoms with Gasteiger partial charge in [-0.15, -0.1) is 0 Å². The van der Waals surface area contributed by atoms with Crippen LogP contribution < -0.4 is 0 Å². The van der Waals surface area contributed by atoms with E-state index in [-0.39, 0.29) is 12.3 Å². The molecule has 0 bridgehead atoms. The standard InChI is InChI=1S/C10H9N3O2S2/c14-8(6-7-2-1-5-15-7)12-10-13-4-3-11-9(13)16-17-10/h1-2,5H,3-4,6H2. The van der Waals surface area contributed by atoms with Crippen molar-refractivity contribution in [2.75, 3.05) is 13.1 Å². The van der Waals surface area contributed by atoms with Crippen LogP contribution in [0.15, 0.2) is 32.8 Å². The number of nitrogens with zero attached hydrogens (tertiary/aromatic N) is 3. The third kappa shape index (κ3) is 2.25. The second-order valence-corrected chi connectivity index (χ2v) is 5.59. The summed E-state index contributed by atoms with van der Waals surface area (Å²) in [6.07, 6.45) is 1.77. The van der Waals surface area contributed by atoms with Crippen molar-refractivity contribution >= 4 is 37.8 Å². The Bertz CT molecular complexity index is 496. The van der Waals surface area contributed by atoms with Crippen LogP contribution in [0.1, 0.15) is 5.76 Å². The molecule has 2 aliphatic rings. The van der Waals surface area contributed by atoms with Gasteiger partial charge in [-0.05, 0) is 33.7 Å². The maximum Gasteiger partial charge on any atom is 0.255 e. The maximum absolute atomic E-state index is 11.7. The molecule has 17 heavy (non-hydrogen) atoms. The average molecular weight is 267 g/mol. The van der Waals surface area contributed by atoms with Gasteiger partial charge in [0.05, 0.1) is 19.2 Å². The highest BCUT2D eigenvalue weighted by Gasteiger charge is 2.31. The Morgan fingerprint density at radius 3 is 3.35 bits per heavy atom. The largest absolute Gasteiger partial charge is 0.469 e. The molecule has 0 saturated carbocycles. The van der Waals surface area contributed by atoms with Crippen LogP contribution in [0.25, 0.3) is 0 Å². The first-order valence-corrected chi connectivity index (χ1v) is 7.28. The molecule has 0 spiro atoms. The minimum atomic E-state index is -0.184. The summed E-state index contributed by atoms with van der Waals surface area (Å²) >= 11 is 0. The van der Waals surface area contributed by atoms with Gasteiger partial charge in [0, 0.05) is 6.54 Å². The second kappa shape index (κ2) is 4.58. The van der Waals surface area contributed by atoms with Crippen LogP contribution in [0.5, 0.6) is 0 Å². The van der Waals surface area contributed by atoms with Crippen molar-refractivity contribution in [2.24, 2.45) is 9.98 Å². The van der Waals surface area contributed by atoms with Crippen LogP contribution in [-0.2, 0) is 11.2 Å².